The molecule has 10 heteroatoms. The van der Waals surface area contributed by atoms with E-state index in [0.29, 0.717) is 22.3 Å². The summed E-state index contributed by atoms with van der Waals surface area (Å²) in [6, 6.07) is 15.8. The van der Waals surface area contributed by atoms with Crippen LogP contribution in [0.15, 0.2) is 66.7 Å². The number of carbonyl (C=O) groups excluding carboxylic acids is 1. The van der Waals surface area contributed by atoms with E-state index in [2.05, 4.69) is 15.4 Å². The van der Waals surface area contributed by atoms with Gasteiger partial charge in [-0.25, -0.2) is 9.18 Å². The second kappa shape index (κ2) is 9.42. The van der Waals surface area contributed by atoms with Crippen LogP contribution in [-0.4, -0.2) is 33.3 Å². The van der Waals surface area contributed by atoms with Crippen LogP contribution >= 0.6 is 0 Å². The molecular weight excluding hydrogens is 452 g/mol. The van der Waals surface area contributed by atoms with E-state index >= 15 is 0 Å². The van der Waals surface area contributed by atoms with E-state index in [4.69, 9.17) is 4.74 Å². The van der Waals surface area contributed by atoms with Crippen LogP contribution in [0.2, 0.25) is 0 Å². The molecule has 0 atom stereocenters. The number of esters is 1. The van der Waals surface area contributed by atoms with Gasteiger partial charge in [-0.15, -0.1) is 10.2 Å². The molecule has 4 rings (SSSR count). The van der Waals surface area contributed by atoms with Crippen molar-refractivity contribution in [3.8, 4) is 11.4 Å². The Kier molecular flexibility index (Phi) is 6.40. The van der Waals surface area contributed by atoms with Crippen molar-refractivity contribution in [2.45, 2.75) is 19.1 Å². The molecule has 0 aliphatic carbocycles. The minimum Gasteiger partial charge on any atom is -0.465 e. The summed E-state index contributed by atoms with van der Waals surface area (Å²) in [6.45, 7) is 0.0271. The van der Waals surface area contributed by atoms with Crippen LogP contribution in [0.3, 0.4) is 0 Å². The maximum Gasteiger partial charge on any atom is 0.416 e. The highest BCUT2D eigenvalue weighted by Crippen LogP contribution is 2.31. The average Bonchev–Trinajstić information content (AvgIpc) is 3.28. The zero-order chi connectivity index (χ0) is 24.3. The van der Waals surface area contributed by atoms with Gasteiger partial charge in [0.15, 0.2) is 0 Å². The molecule has 0 saturated heterocycles. The summed E-state index contributed by atoms with van der Waals surface area (Å²) in [5.74, 6) is -0.867. The largest absolute Gasteiger partial charge is 0.465 e. The van der Waals surface area contributed by atoms with E-state index in [1.54, 1.807) is 30.3 Å². The van der Waals surface area contributed by atoms with Crippen LogP contribution in [-0.2, 0) is 23.9 Å². The van der Waals surface area contributed by atoms with Gasteiger partial charge in [0.05, 0.1) is 24.8 Å². The van der Waals surface area contributed by atoms with Crippen LogP contribution in [0.4, 0.5) is 17.6 Å². The van der Waals surface area contributed by atoms with Gasteiger partial charge in [0.25, 0.3) is 0 Å². The zero-order valence-electron chi connectivity index (χ0n) is 17.9. The van der Waals surface area contributed by atoms with Gasteiger partial charge in [-0.3, -0.25) is 0 Å². The quantitative estimate of drug-likeness (QED) is 0.296. The zero-order valence-corrected chi connectivity index (χ0v) is 17.9. The van der Waals surface area contributed by atoms with E-state index in [0.717, 1.165) is 12.1 Å². The van der Waals surface area contributed by atoms with Gasteiger partial charge >= 0.3 is 12.1 Å². The van der Waals surface area contributed by atoms with Crippen molar-refractivity contribution >= 4 is 5.97 Å². The fraction of sp³-hybridized carbons (Fsp3) is 0.167. The second-order valence-corrected chi connectivity index (χ2v) is 7.47. The molecule has 0 N–H and O–H groups in total. The summed E-state index contributed by atoms with van der Waals surface area (Å²) in [4.78, 5) is 13.3. The third-order valence-corrected chi connectivity index (χ3v) is 5.14. The van der Waals surface area contributed by atoms with Crippen LogP contribution in [0, 0.1) is 5.82 Å². The Morgan fingerprint density at radius 2 is 1.79 bits per heavy atom. The molecule has 0 saturated carbocycles. The van der Waals surface area contributed by atoms with E-state index in [-0.39, 0.29) is 24.4 Å². The molecule has 6 nitrogen and oxygen atoms in total. The predicted molar refractivity (Wildman–Crippen MR) is 114 cm³/mol. The van der Waals surface area contributed by atoms with Crippen molar-refractivity contribution in [3.63, 3.8) is 0 Å². The maximum atomic E-state index is 14.0. The molecule has 0 fully saturated rings. The molecule has 0 aliphatic heterocycles. The third kappa shape index (κ3) is 5.11. The Bertz CT molecular complexity index is 1330. The smallest absolute Gasteiger partial charge is 0.416 e. The molecule has 34 heavy (non-hydrogen) atoms. The number of rotatable bonds is 6. The highest BCUT2D eigenvalue weighted by molar-refractivity contribution is 5.91. The monoisotopic (exact) mass is 470 g/mol. The number of benzene rings is 3. The molecule has 0 spiro atoms. The van der Waals surface area contributed by atoms with E-state index < -0.39 is 23.5 Å². The van der Waals surface area contributed by atoms with Crippen LogP contribution < -0.4 is 0 Å². The van der Waals surface area contributed by atoms with Gasteiger partial charge in [-0.2, -0.15) is 18.0 Å². The Hall–Kier alpha value is -4.08. The topological polar surface area (TPSA) is 69.9 Å². The third-order valence-electron chi connectivity index (χ3n) is 5.14. The fourth-order valence-corrected chi connectivity index (χ4v) is 3.46. The molecule has 0 aliphatic rings. The normalized spacial score (nSPS) is 11.4. The summed E-state index contributed by atoms with van der Waals surface area (Å²) in [6.07, 6.45) is -4.34. The molecule has 3 aromatic carbocycles. The number of halogens is 4. The molecule has 174 valence electrons. The van der Waals surface area contributed by atoms with Crippen LogP contribution in [0.5, 0.6) is 0 Å². The van der Waals surface area contributed by atoms with Gasteiger partial charge in [0.1, 0.15) is 5.82 Å². The summed E-state index contributed by atoms with van der Waals surface area (Å²) in [7, 11) is 1.24. The lowest BCUT2D eigenvalue weighted by Crippen LogP contribution is -2.07. The number of methoxy groups -OCH3 is 1. The number of aromatic nitrogens is 4. The Morgan fingerprint density at radius 1 is 1.00 bits per heavy atom. The van der Waals surface area contributed by atoms with Gasteiger partial charge < -0.3 is 4.74 Å². The van der Waals surface area contributed by atoms with E-state index in [1.165, 1.54) is 36.2 Å². The number of ether oxygens (including phenoxy) is 1. The van der Waals surface area contributed by atoms with Crippen molar-refractivity contribution in [2.24, 2.45) is 0 Å². The maximum absolute atomic E-state index is 14.0. The first-order valence-corrected chi connectivity index (χ1v) is 10.1. The van der Waals surface area contributed by atoms with E-state index in [1.807, 2.05) is 0 Å². The van der Waals surface area contributed by atoms with Crippen molar-refractivity contribution in [1.82, 2.24) is 20.2 Å². The first-order valence-electron chi connectivity index (χ1n) is 10.1. The Labute approximate surface area is 191 Å². The van der Waals surface area contributed by atoms with E-state index in [9.17, 15) is 22.4 Å². The number of hydrogen-bond donors (Lipinski definition) is 0. The first-order chi connectivity index (χ1) is 16.2. The molecule has 0 amide bonds. The van der Waals surface area contributed by atoms with Crippen molar-refractivity contribution in [2.75, 3.05) is 7.11 Å². The van der Waals surface area contributed by atoms with Crippen molar-refractivity contribution < 1.29 is 27.1 Å². The van der Waals surface area contributed by atoms with Gasteiger partial charge in [-0.1, -0.05) is 42.5 Å². The van der Waals surface area contributed by atoms with Crippen molar-refractivity contribution in [3.05, 3.63) is 100 Å². The lowest BCUT2D eigenvalue weighted by Gasteiger charge is -2.11. The summed E-state index contributed by atoms with van der Waals surface area (Å²) in [5.41, 5.74) is 1.22. The SMILES string of the molecule is COC(=O)c1ccc(Cc2cccc(C(F)(F)F)c2)c(-c2nnn(Cc3ccccc3F)n2)c1. The molecule has 0 bridgehead atoms. The number of alkyl halides is 3. The van der Waals surface area contributed by atoms with Crippen molar-refractivity contribution in [1.29, 1.82) is 0 Å². The lowest BCUT2D eigenvalue weighted by molar-refractivity contribution is -0.137. The molecule has 0 radical (unpaired) electrons. The molecule has 4 aromatic rings. The highest BCUT2D eigenvalue weighted by atomic mass is 19.4. The molecular formula is C24H18F4N4O2. The Balaban J connectivity index is 1.70. The lowest BCUT2D eigenvalue weighted by atomic mass is 9.96. The number of carbonyl (C=O) groups is 1. The fourth-order valence-electron chi connectivity index (χ4n) is 3.46. The summed E-state index contributed by atoms with van der Waals surface area (Å²) < 4.78 is 58.2. The predicted octanol–water partition coefficient (Wildman–Crippen LogP) is 4.92. The summed E-state index contributed by atoms with van der Waals surface area (Å²) >= 11 is 0. The van der Waals surface area contributed by atoms with Gasteiger partial charge in [0, 0.05) is 11.1 Å². The first kappa shape index (κ1) is 23.1. The van der Waals surface area contributed by atoms with Crippen LogP contribution in [0.1, 0.15) is 32.6 Å². The minimum absolute atomic E-state index is 0.0271. The number of nitrogens with zero attached hydrogens (tertiary/aromatic N) is 4. The molecule has 1 heterocycles. The standard InChI is InChI=1S/C24H18F4N4O2/c1-34-23(33)17-10-9-16(11-15-5-4-7-19(12-15)24(26,27)28)20(13-17)22-29-31-32(30-22)14-18-6-2-3-8-21(18)25/h2-10,12-13H,11,14H2,1H3. The molecule has 1 aromatic heterocycles. The minimum atomic E-state index is -4.47. The highest BCUT2D eigenvalue weighted by Gasteiger charge is 2.30. The van der Waals surface area contributed by atoms with Gasteiger partial charge in [-0.05, 0) is 47.0 Å². The number of tetrazole rings is 1. The summed E-state index contributed by atoms with van der Waals surface area (Å²) in [5, 5.41) is 12.3. The average molecular weight is 470 g/mol. The Morgan fingerprint density at radius 3 is 2.53 bits per heavy atom. The molecule has 0 unspecified atom stereocenters. The van der Waals surface area contributed by atoms with Gasteiger partial charge in [0.2, 0.25) is 5.82 Å². The number of hydrogen-bond acceptors (Lipinski definition) is 5. The second-order valence-electron chi connectivity index (χ2n) is 7.47. The van der Waals surface area contributed by atoms with Crippen LogP contribution in [0.25, 0.3) is 11.4 Å².